The molecule has 0 radical (unpaired) electrons. The van der Waals surface area contributed by atoms with E-state index in [1.807, 2.05) is 41.2 Å². The van der Waals surface area contributed by atoms with Crippen LogP contribution >= 0.6 is 11.3 Å². The zero-order valence-corrected chi connectivity index (χ0v) is 11.8. The summed E-state index contributed by atoms with van der Waals surface area (Å²) < 4.78 is 3.26. The molecule has 1 saturated carbocycles. The lowest BCUT2D eigenvalue weighted by molar-refractivity contribution is 0.0967. The molecule has 1 aliphatic carbocycles. The van der Waals surface area contributed by atoms with Crippen LogP contribution in [-0.2, 0) is 6.54 Å². The predicted molar refractivity (Wildman–Crippen MR) is 80.2 cm³/mol. The highest BCUT2D eigenvalue weighted by Gasteiger charge is 2.30. The van der Waals surface area contributed by atoms with Gasteiger partial charge >= 0.3 is 0 Å². The molecule has 0 unspecified atom stereocenters. The van der Waals surface area contributed by atoms with Gasteiger partial charge in [0.25, 0.3) is 0 Å². The first-order valence-electron chi connectivity index (χ1n) is 6.84. The number of thiazole rings is 1. The Morgan fingerprint density at radius 3 is 2.95 bits per heavy atom. The molecule has 0 N–H and O–H groups in total. The van der Waals surface area contributed by atoms with Gasteiger partial charge in [0, 0.05) is 23.9 Å². The van der Waals surface area contributed by atoms with Crippen molar-refractivity contribution in [1.82, 2.24) is 9.55 Å². The van der Waals surface area contributed by atoms with Gasteiger partial charge in [-0.05, 0) is 31.0 Å². The van der Waals surface area contributed by atoms with E-state index in [-0.39, 0.29) is 5.92 Å². The van der Waals surface area contributed by atoms with Crippen molar-refractivity contribution < 1.29 is 4.79 Å². The van der Waals surface area contributed by atoms with E-state index < -0.39 is 0 Å². The highest BCUT2D eigenvalue weighted by molar-refractivity contribution is 7.18. The first-order chi connectivity index (χ1) is 9.79. The Kier molecular flexibility index (Phi) is 2.70. The highest BCUT2D eigenvalue weighted by Crippen LogP contribution is 2.32. The molecular weight excluding hydrogens is 268 g/mol. The van der Waals surface area contributed by atoms with Crippen molar-refractivity contribution in [2.75, 3.05) is 0 Å². The number of rotatable bonds is 4. The van der Waals surface area contributed by atoms with Gasteiger partial charge in [-0.1, -0.05) is 12.1 Å². The molecule has 20 heavy (non-hydrogen) atoms. The topological polar surface area (TPSA) is 34.9 Å². The van der Waals surface area contributed by atoms with E-state index in [4.69, 9.17) is 0 Å². The van der Waals surface area contributed by atoms with Crippen LogP contribution in [0.25, 0.3) is 10.2 Å². The summed E-state index contributed by atoms with van der Waals surface area (Å²) in [6, 6.07) is 10.1. The average molecular weight is 282 g/mol. The Hall–Kier alpha value is -1.94. The number of hydrogen-bond donors (Lipinski definition) is 0. The fourth-order valence-electron chi connectivity index (χ4n) is 2.41. The zero-order valence-electron chi connectivity index (χ0n) is 11.0. The molecule has 0 saturated heterocycles. The molecule has 0 aliphatic heterocycles. The average Bonchev–Trinajstić information content (AvgIpc) is 3.07. The molecule has 2 aromatic heterocycles. The maximum absolute atomic E-state index is 12.0. The maximum atomic E-state index is 12.0. The molecule has 0 spiro atoms. The normalized spacial score (nSPS) is 14.8. The summed E-state index contributed by atoms with van der Waals surface area (Å²) in [5, 5.41) is 1.08. The molecule has 2 heterocycles. The lowest BCUT2D eigenvalue weighted by Gasteiger charge is -1.98. The fraction of sp³-hybridized carbons (Fsp3) is 0.250. The molecule has 0 bridgehead atoms. The second-order valence-corrected chi connectivity index (χ2v) is 6.40. The van der Waals surface area contributed by atoms with Crippen LogP contribution in [0.1, 0.15) is 28.2 Å². The molecule has 1 fully saturated rings. The first-order valence-corrected chi connectivity index (χ1v) is 7.66. The number of carbonyl (C=O) groups is 1. The molecule has 0 amide bonds. The van der Waals surface area contributed by atoms with Crippen molar-refractivity contribution in [3.05, 3.63) is 53.3 Å². The van der Waals surface area contributed by atoms with Crippen molar-refractivity contribution in [1.29, 1.82) is 0 Å². The van der Waals surface area contributed by atoms with Crippen molar-refractivity contribution >= 4 is 27.3 Å². The van der Waals surface area contributed by atoms with Crippen LogP contribution in [0.2, 0.25) is 0 Å². The fourth-order valence-corrected chi connectivity index (χ4v) is 3.39. The molecule has 100 valence electrons. The molecular formula is C16H14N2OS. The second kappa shape index (κ2) is 4.56. The Morgan fingerprint density at radius 1 is 1.30 bits per heavy atom. The molecule has 0 atom stereocenters. The molecule has 1 aliphatic rings. The lowest BCUT2D eigenvalue weighted by Crippen LogP contribution is -2.00. The summed E-state index contributed by atoms with van der Waals surface area (Å²) in [6.07, 6.45) is 6.04. The quantitative estimate of drug-likeness (QED) is 0.683. The van der Waals surface area contributed by atoms with E-state index in [2.05, 4.69) is 11.1 Å². The summed E-state index contributed by atoms with van der Waals surface area (Å²) in [6.45, 7) is 0.733. The third-order valence-corrected chi connectivity index (χ3v) is 4.66. The summed E-state index contributed by atoms with van der Waals surface area (Å²) in [4.78, 5) is 16.6. The van der Waals surface area contributed by atoms with Crippen LogP contribution in [0.5, 0.6) is 0 Å². The Morgan fingerprint density at radius 2 is 2.15 bits per heavy atom. The lowest BCUT2D eigenvalue weighted by atomic mass is 10.1. The van der Waals surface area contributed by atoms with E-state index >= 15 is 0 Å². The van der Waals surface area contributed by atoms with Crippen molar-refractivity contribution in [2.24, 2.45) is 5.92 Å². The monoisotopic (exact) mass is 282 g/mol. The van der Waals surface area contributed by atoms with Crippen LogP contribution in [-0.4, -0.2) is 15.3 Å². The molecule has 4 rings (SSSR count). The standard InChI is InChI=1S/C16H14N2OS/c19-16(11-5-6-11)12-7-8-18(9-12)10-15-17-13-3-1-2-4-14(13)20-15/h1-4,7-9,11H,5-6,10H2. The van der Waals surface area contributed by atoms with E-state index in [1.54, 1.807) is 11.3 Å². The number of hydrogen-bond acceptors (Lipinski definition) is 3. The molecule has 3 aromatic rings. The smallest absolute Gasteiger partial charge is 0.167 e. The van der Waals surface area contributed by atoms with Crippen LogP contribution in [0.15, 0.2) is 42.7 Å². The zero-order chi connectivity index (χ0) is 13.5. The Bertz CT molecular complexity index is 749. The minimum absolute atomic E-state index is 0.285. The largest absolute Gasteiger partial charge is 0.347 e. The van der Waals surface area contributed by atoms with Gasteiger partial charge in [0.2, 0.25) is 0 Å². The van der Waals surface area contributed by atoms with Gasteiger partial charge in [0.15, 0.2) is 5.78 Å². The van der Waals surface area contributed by atoms with Gasteiger partial charge in [0.05, 0.1) is 16.8 Å². The minimum atomic E-state index is 0.285. The van der Waals surface area contributed by atoms with E-state index in [1.165, 1.54) is 4.70 Å². The number of carbonyl (C=O) groups excluding carboxylic acids is 1. The van der Waals surface area contributed by atoms with E-state index in [0.29, 0.717) is 5.78 Å². The number of fused-ring (bicyclic) bond motifs is 1. The number of ketones is 1. The Labute approximate surface area is 120 Å². The summed E-state index contributed by atoms with van der Waals surface area (Å²) >= 11 is 1.71. The van der Waals surface area contributed by atoms with Crippen molar-refractivity contribution in [3.63, 3.8) is 0 Å². The van der Waals surface area contributed by atoms with Crippen LogP contribution in [0, 0.1) is 5.92 Å². The van der Waals surface area contributed by atoms with Crippen molar-refractivity contribution in [2.45, 2.75) is 19.4 Å². The highest BCUT2D eigenvalue weighted by atomic mass is 32.1. The van der Waals surface area contributed by atoms with Gasteiger partial charge in [-0.25, -0.2) is 4.98 Å². The maximum Gasteiger partial charge on any atom is 0.167 e. The first kappa shape index (κ1) is 11.9. The van der Waals surface area contributed by atoms with Crippen LogP contribution in [0.4, 0.5) is 0 Å². The third kappa shape index (κ3) is 2.16. The van der Waals surface area contributed by atoms with Crippen molar-refractivity contribution in [3.8, 4) is 0 Å². The summed E-state index contributed by atoms with van der Waals surface area (Å²) in [7, 11) is 0. The predicted octanol–water partition coefficient (Wildman–Crippen LogP) is 3.74. The van der Waals surface area contributed by atoms with E-state index in [0.717, 1.165) is 35.5 Å². The minimum Gasteiger partial charge on any atom is -0.347 e. The molecule has 1 aromatic carbocycles. The SMILES string of the molecule is O=C(c1ccn(Cc2nc3ccccc3s2)c1)C1CC1. The number of aromatic nitrogens is 2. The van der Waals surface area contributed by atoms with Crippen LogP contribution < -0.4 is 0 Å². The third-order valence-electron chi connectivity index (χ3n) is 3.64. The number of benzene rings is 1. The molecule has 4 heteroatoms. The van der Waals surface area contributed by atoms with Crippen LogP contribution in [0.3, 0.4) is 0 Å². The number of nitrogens with zero attached hydrogens (tertiary/aromatic N) is 2. The molecule has 3 nitrogen and oxygen atoms in total. The summed E-state index contributed by atoms with van der Waals surface area (Å²) in [5.41, 5.74) is 1.89. The summed E-state index contributed by atoms with van der Waals surface area (Å²) in [5.74, 6) is 0.585. The van der Waals surface area contributed by atoms with E-state index in [9.17, 15) is 4.79 Å². The van der Waals surface area contributed by atoms with Gasteiger partial charge in [-0.3, -0.25) is 4.79 Å². The number of para-hydroxylation sites is 1. The van der Waals surface area contributed by atoms with Gasteiger partial charge in [-0.2, -0.15) is 0 Å². The van der Waals surface area contributed by atoms with Gasteiger partial charge in [-0.15, -0.1) is 11.3 Å². The Balaban J connectivity index is 1.57. The van der Waals surface area contributed by atoms with Gasteiger partial charge < -0.3 is 4.57 Å². The van der Waals surface area contributed by atoms with Gasteiger partial charge in [0.1, 0.15) is 5.01 Å². The second-order valence-electron chi connectivity index (χ2n) is 5.29. The number of Topliss-reactive ketones (excluding diaryl/α,β-unsaturated/α-hetero) is 1.